The van der Waals surface area contributed by atoms with Crippen molar-refractivity contribution in [2.24, 2.45) is 0 Å². The molecule has 0 radical (unpaired) electrons. The second kappa shape index (κ2) is 10.8. The summed E-state index contributed by atoms with van der Waals surface area (Å²) in [6.45, 7) is 4.43. The molecule has 9 nitrogen and oxygen atoms in total. The zero-order valence-electron chi connectivity index (χ0n) is 19.6. The molecular formula is C25H29N7O2. The zero-order valence-corrected chi connectivity index (χ0v) is 19.6. The average molecular weight is 460 g/mol. The molecule has 0 aliphatic carbocycles. The summed E-state index contributed by atoms with van der Waals surface area (Å²) in [5.74, 6) is 1.03. The largest absolute Gasteiger partial charge is 0.353 e. The molecule has 0 aliphatic rings. The summed E-state index contributed by atoms with van der Waals surface area (Å²) in [7, 11) is 0. The maximum Gasteiger partial charge on any atom is 0.353 e. The molecule has 4 aromatic rings. The normalized spacial score (nSPS) is 11.1. The van der Waals surface area contributed by atoms with Crippen LogP contribution in [-0.4, -0.2) is 40.9 Å². The van der Waals surface area contributed by atoms with Gasteiger partial charge in [-0.25, -0.2) is 9.89 Å². The Hall–Kier alpha value is -3.88. The first-order valence-electron chi connectivity index (χ1n) is 11.8. The zero-order chi connectivity index (χ0) is 23.9. The molecule has 176 valence electrons. The highest BCUT2D eigenvalue weighted by molar-refractivity contribution is 5.77. The van der Waals surface area contributed by atoms with Gasteiger partial charge in [0.25, 0.3) is 5.91 Å². The van der Waals surface area contributed by atoms with Gasteiger partial charge >= 0.3 is 5.69 Å². The molecular weight excluding hydrogens is 430 g/mol. The van der Waals surface area contributed by atoms with Gasteiger partial charge in [0.05, 0.1) is 6.54 Å². The van der Waals surface area contributed by atoms with E-state index in [-0.39, 0.29) is 11.6 Å². The number of aryl methyl sites for hydroxylation is 1. The first-order valence-corrected chi connectivity index (χ1v) is 11.8. The van der Waals surface area contributed by atoms with Crippen molar-refractivity contribution in [1.82, 2.24) is 35.0 Å². The number of hydrogen-bond acceptors (Lipinski definition) is 6. The third kappa shape index (κ3) is 5.19. The third-order valence-corrected chi connectivity index (χ3v) is 5.75. The van der Waals surface area contributed by atoms with E-state index in [9.17, 15) is 9.59 Å². The molecule has 0 amide bonds. The molecule has 1 N–H and O–H groups in total. The summed E-state index contributed by atoms with van der Waals surface area (Å²) < 4.78 is 2.68. The molecule has 0 saturated carbocycles. The van der Waals surface area contributed by atoms with Crippen LogP contribution in [0.15, 0.2) is 53.3 Å². The summed E-state index contributed by atoms with van der Waals surface area (Å²) in [5.41, 5.74) is 3.60. The molecule has 0 unspecified atom stereocenters. The van der Waals surface area contributed by atoms with Crippen LogP contribution in [0.2, 0.25) is 0 Å². The predicted octanol–water partition coefficient (Wildman–Crippen LogP) is 4.11. The second-order valence-electron chi connectivity index (χ2n) is 8.33. The van der Waals surface area contributed by atoms with Crippen molar-refractivity contribution in [3.8, 4) is 22.5 Å². The average Bonchev–Trinajstić information content (AvgIpc) is 3.50. The number of hydrogen-bond donors (Lipinski definition) is 1. The number of benzene rings is 2. The van der Waals surface area contributed by atoms with Gasteiger partial charge in [-0.05, 0) is 46.0 Å². The molecule has 2 heterocycles. The Morgan fingerprint density at radius 2 is 1.76 bits per heavy atom. The number of aromatic nitrogens is 7. The Bertz CT molecular complexity index is 1290. The maximum atomic E-state index is 13.0. The number of tetrazole rings is 1. The Balaban J connectivity index is 1.58. The number of carbonyl (C=O) groups excluding carboxylic acids is 1. The van der Waals surface area contributed by atoms with Crippen LogP contribution < -0.4 is 5.69 Å². The molecule has 2 aromatic carbocycles. The highest BCUT2D eigenvalue weighted by Gasteiger charge is 2.18. The number of nitrogens with zero attached hydrogens (tertiary/aromatic N) is 6. The van der Waals surface area contributed by atoms with Crippen molar-refractivity contribution in [2.75, 3.05) is 0 Å². The lowest BCUT2D eigenvalue weighted by Crippen LogP contribution is -2.30. The lowest BCUT2D eigenvalue weighted by molar-refractivity contribution is 0.0880. The fourth-order valence-corrected chi connectivity index (χ4v) is 3.91. The van der Waals surface area contributed by atoms with Gasteiger partial charge in [0.1, 0.15) is 5.82 Å². The summed E-state index contributed by atoms with van der Waals surface area (Å²) in [6, 6.07) is 16.0. The Kier molecular flexibility index (Phi) is 7.41. The first kappa shape index (κ1) is 23.3. The van der Waals surface area contributed by atoms with Crippen LogP contribution in [0.5, 0.6) is 0 Å². The SMILES string of the molecule is CCCCCc1nn(C(=O)CCC)c(=O)n1Cc1ccc(-c2cccc(-c3nnn[nH]3)c2)cc1. The minimum Gasteiger partial charge on any atom is -0.274 e. The van der Waals surface area contributed by atoms with Gasteiger partial charge in [0.15, 0.2) is 5.82 Å². The van der Waals surface area contributed by atoms with Crippen LogP contribution in [0.1, 0.15) is 62.1 Å². The molecule has 34 heavy (non-hydrogen) atoms. The monoisotopic (exact) mass is 459 g/mol. The lowest BCUT2D eigenvalue weighted by Gasteiger charge is -2.08. The van der Waals surface area contributed by atoms with Crippen LogP contribution in [-0.2, 0) is 13.0 Å². The van der Waals surface area contributed by atoms with Crippen molar-refractivity contribution in [3.05, 3.63) is 70.4 Å². The van der Waals surface area contributed by atoms with Crippen molar-refractivity contribution in [3.63, 3.8) is 0 Å². The number of rotatable bonds is 10. The van der Waals surface area contributed by atoms with Crippen LogP contribution in [0.25, 0.3) is 22.5 Å². The quantitative estimate of drug-likeness (QED) is 0.357. The highest BCUT2D eigenvalue weighted by Crippen LogP contribution is 2.24. The van der Waals surface area contributed by atoms with Crippen LogP contribution >= 0.6 is 0 Å². The van der Waals surface area contributed by atoms with Gasteiger partial charge in [-0.2, -0.15) is 0 Å². The van der Waals surface area contributed by atoms with E-state index < -0.39 is 0 Å². The van der Waals surface area contributed by atoms with E-state index in [2.05, 4.69) is 32.6 Å². The van der Waals surface area contributed by atoms with Crippen LogP contribution in [0, 0.1) is 0 Å². The number of H-pyrrole nitrogens is 1. The number of aromatic amines is 1. The Labute approximate surface area is 197 Å². The van der Waals surface area contributed by atoms with Gasteiger partial charge in [0.2, 0.25) is 0 Å². The summed E-state index contributed by atoms with van der Waals surface area (Å²) in [6.07, 6.45) is 4.74. The van der Waals surface area contributed by atoms with E-state index >= 15 is 0 Å². The van der Waals surface area contributed by atoms with E-state index in [1.807, 2.05) is 55.5 Å². The van der Waals surface area contributed by atoms with E-state index in [0.29, 0.717) is 37.5 Å². The summed E-state index contributed by atoms with van der Waals surface area (Å²) >= 11 is 0. The number of carbonyl (C=O) groups is 1. The van der Waals surface area contributed by atoms with Crippen LogP contribution in [0.3, 0.4) is 0 Å². The van der Waals surface area contributed by atoms with E-state index in [1.54, 1.807) is 4.57 Å². The highest BCUT2D eigenvalue weighted by atomic mass is 16.2. The topological polar surface area (TPSA) is 111 Å². The van der Waals surface area contributed by atoms with E-state index in [4.69, 9.17) is 0 Å². The van der Waals surface area contributed by atoms with Crippen LogP contribution in [0.4, 0.5) is 0 Å². The van der Waals surface area contributed by atoms with Gasteiger partial charge in [-0.1, -0.05) is 69.2 Å². The molecule has 2 aromatic heterocycles. The first-order chi connectivity index (χ1) is 16.6. The standard InChI is InChI=1S/C25H29N7O2/c1-3-5-6-11-22-28-32(23(33)8-4-2)25(34)31(22)17-18-12-14-19(15-13-18)20-9-7-10-21(16-20)24-26-29-30-27-24/h7,9-10,12-16H,3-6,8,11,17H2,1-2H3,(H,26,27,29,30). The number of nitrogens with one attached hydrogen (secondary N) is 1. The van der Waals surface area contributed by atoms with Gasteiger partial charge in [-0.15, -0.1) is 14.9 Å². The summed E-state index contributed by atoms with van der Waals surface area (Å²) in [5, 5.41) is 18.4. The smallest absolute Gasteiger partial charge is 0.274 e. The Morgan fingerprint density at radius 3 is 2.47 bits per heavy atom. The molecule has 0 spiro atoms. The maximum absolute atomic E-state index is 13.0. The Morgan fingerprint density at radius 1 is 0.971 bits per heavy atom. The second-order valence-corrected chi connectivity index (χ2v) is 8.33. The fourth-order valence-electron chi connectivity index (χ4n) is 3.91. The lowest BCUT2D eigenvalue weighted by atomic mass is 10.0. The molecule has 4 rings (SSSR count). The predicted molar refractivity (Wildman–Crippen MR) is 129 cm³/mol. The van der Waals surface area contributed by atoms with Gasteiger partial charge in [-0.3, -0.25) is 9.36 Å². The molecule has 9 heteroatoms. The molecule has 0 fully saturated rings. The summed E-state index contributed by atoms with van der Waals surface area (Å²) in [4.78, 5) is 25.4. The third-order valence-electron chi connectivity index (χ3n) is 5.75. The minimum atomic E-state index is -0.359. The molecule has 0 aliphatic heterocycles. The molecule has 0 saturated heterocycles. The van der Waals surface area contributed by atoms with E-state index in [1.165, 1.54) is 0 Å². The van der Waals surface area contributed by atoms with Crippen molar-refractivity contribution < 1.29 is 4.79 Å². The molecule has 0 bridgehead atoms. The van der Waals surface area contributed by atoms with Gasteiger partial charge in [0, 0.05) is 18.4 Å². The van der Waals surface area contributed by atoms with E-state index in [0.717, 1.165) is 46.2 Å². The van der Waals surface area contributed by atoms with Crippen molar-refractivity contribution >= 4 is 5.91 Å². The van der Waals surface area contributed by atoms with Crippen molar-refractivity contribution in [2.45, 2.75) is 58.9 Å². The van der Waals surface area contributed by atoms with Crippen molar-refractivity contribution in [1.29, 1.82) is 0 Å². The minimum absolute atomic E-state index is 0.250. The number of unbranched alkanes of at least 4 members (excludes halogenated alkanes) is 2. The fraction of sp³-hybridized carbons (Fsp3) is 0.360. The van der Waals surface area contributed by atoms with Gasteiger partial charge < -0.3 is 0 Å². The molecule has 0 atom stereocenters.